The molecule has 1 radical (unpaired) electrons. The average Bonchev–Trinajstić information content (AvgIpc) is 2.44. The molecule has 2 rings (SSSR count). The summed E-state index contributed by atoms with van der Waals surface area (Å²) >= 11 is 5.50. The molecule has 0 atom stereocenters. The van der Waals surface area contributed by atoms with Crippen LogP contribution in [0.4, 0.5) is 0 Å². The van der Waals surface area contributed by atoms with Crippen molar-refractivity contribution in [2.45, 2.75) is 0 Å². The predicted molar refractivity (Wildman–Crippen MR) is 88.9 cm³/mol. The van der Waals surface area contributed by atoms with Crippen LogP contribution in [0.2, 0.25) is 0 Å². The van der Waals surface area contributed by atoms with E-state index in [1.54, 1.807) is 24.8 Å². The van der Waals surface area contributed by atoms with Crippen LogP contribution in [-0.2, 0) is 44.5 Å². The molecule has 0 N–H and O–H groups in total. The first kappa shape index (κ1) is 19.3. The summed E-state index contributed by atoms with van der Waals surface area (Å²) in [6.07, 6.45) is 0. The predicted octanol–water partition coefficient (Wildman–Crippen LogP) is 3.20. The zero-order chi connectivity index (χ0) is 14.7. The van der Waals surface area contributed by atoms with Crippen molar-refractivity contribution >= 4 is 38.5 Å². The van der Waals surface area contributed by atoms with Crippen molar-refractivity contribution < 1.29 is 42.2 Å². The molecule has 7 heteroatoms. The van der Waals surface area contributed by atoms with E-state index in [1.165, 1.54) is 0 Å². The van der Waals surface area contributed by atoms with Crippen LogP contribution in [0.25, 0.3) is 11.3 Å². The zero-order valence-corrected chi connectivity index (χ0v) is 18.1. The molecule has 0 aliphatic rings. The first-order chi connectivity index (χ1) is 9.54. The van der Waals surface area contributed by atoms with Gasteiger partial charge in [0.1, 0.15) is 5.75 Å². The normalized spacial score (nSPS) is 10.1. The summed E-state index contributed by atoms with van der Waals surface area (Å²) in [7, 11) is 3.30. The Morgan fingerprint density at radius 1 is 1.43 bits per heavy atom. The van der Waals surface area contributed by atoms with Gasteiger partial charge in [0.25, 0.3) is 0 Å². The van der Waals surface area contributed by atoms with Crippen LogP contribution in [0, 0.1) is 9.64 Å². The van der Waals surface area contributed by atoms with Gasteiger partial charge in [0.2, 0.25) is 5.56 Å². The van der Waals surface area contributed by atoms with Gasteiger partial charge in [0.15, 0.2) is 6.79 Å². The summed E-state index contributed by atoms with van der Waals surface area (Å²) in [5, 5.41) is 0. The van der Waals surface area contributed by atoms with E-state index in [9.17, 15) is 4.79 Å². The quantitative estimate of drug-likeness (QED) is 0.342. The van der Waals surface area contributed by atoms with Crippen LogP contribution in [0.5, 0.6) is 5.75 Å². The Labute approximate surface area is 170 Å². The first-order valence-corrected chi connectivity index (χ1v) is 7.60. The Morgan fingerprint density at radius 2 is 2.14 bits per heavy atom. The molecule has 0 amide bonds. The third-order valence-electron chi connectivity index (χ3n) is 2.72. The van der Waals surface area contributed by atoms with Gasteiger partial charge in [-0.25, -0.2) is 0 Å². The molecule has 4 nitrogen and oxygen atoms in total. The summed E-state index contributed by atoms with van der Waals surface area (Å²) in [6.45, 7) is 0.194. The summed E-state index contributed by atoms with van der Waals surface area (Å²) in [4.78, 5) is 12.0. The summed E-state index contributed by atoms with van der Waals surface area (Å²) in [6, 6.07) is 10.4. The van der Waals surface area contributed by atoms with E-state index in [-0.39, 0.29) is 45.1 Å². The molecule has 1 aromatic heterocycles. The molecule has 2 aromatic rings. The van der Waals surface area contributed by atoms with Crippen molar-refractivity contribution in [2.75, 3.05) is 13.9 Å². The molecule has 0 saturated carbocycles. The van der Waals surface area contributed by atoms with Crippen LogP contribution in [-0.4, -0.2) is 18.5 Å². The molecular weight excluding hydrogens is 526 g/mol. The molecule has 0 aliphatic heterocycles. The van der Waals surface area contributed by atoms with Crippen molar-refractivity contribution in [2.24, 2.45) is 7.05 Å². The molecule has 0 spiro atoms. The number of aromatic nitrogens is 1. The Bertz CT molecular complexity index is 690. The fraction of sp³-hybridized carbons (Fsp3) is 0.214. The molecular formula is C14H12BrINO3Y-. The van der Waals surface area contributed by atoms with E-state index in [2.05, 4.69) is 22.0 Å². The van der Waals surface area contributed by atoms with E-state index in [0.29, 0.717) is 9.32 Å². The molecule has 109 valence electrons. The number of hydrogen-bond acceptors (Lipinski definition) is 3. The van der Waals surface area contributed by atoms with E-state index in [4.69, 9.17) is 9.47 Å². The maximum Gasteiger partial charge on any atom is 0.207 e. The van der Waals surface area contributed by atoms with Gasteiger partial charge in [-0.2, -0.15) is 12.1 Å². The SMILES string of the molecule is COCOc1ccc(-c2[c-]cc(I)c(=O)n2C)c(Br)c1.[Y]. The van der Waals surface area contributed by atoms with Crippen molar-refractivity contribution in [1.82, 2.24) is 4.57 Å². The average molecular weight is 538 g/mol. The molecule has 0 saturated heterocycles. The molecule has 1 heterocycles. The summed E-state index contributed by atoms with van der Waals surface area (Å²) in [5.74, 6) is 0.693. The van der Waals surface area contributed by atoms with Gasteiger partial charge in [-0.15, -0.1) is 28.7 Å². The van der Waals surface area contributed by atoms with Gasteiger partial charge in [-0.3, -0.25) is 4.79 Å². The van der Waals surface area contributed by atoms with E-state index in [1.807, 2.05) is 40.8 Å². The van der Waals surface area contributed by atoms with Crippen LogP contribution in [0.15, 0.2) is 33.5 Å². The van der Waals surface area contributed by atoms with E-state index >= 15 is 0 Å². The minimum atomic E-state index is -0.0361. The van der Waals surface area contributed by atoms with Gasteiger partial charge in [0, 0.05) is 46.9 Å². The molecule has 0 fully saturated rings. The molecule has 0 bridgehead atoms. The standard InChI is InChI=1S/C14H12BrINO3.Y/c1-17-13(6-5-12(16)14(17)18)10-4-3-9(7-11(10)15)20-8-19-2;/h3-5,7H,8H2,1-2H3;/q-1;. The smallest absolute Gasteiger partial charge is 0.207 e. The van der Waals surface area contributed by atoms with Crippen molar-refractivity contribution in [1.29, 1.82) is 0 Å². The number of ether oxygens (including phenoxy) is 2. The van der Waals surface area contributed by atoms with Gasteiger partial charge >= 0.3 is 0 Å². The molecule has 0 aliphatic carbocycles. The fourth-order valence-corrected chi connectivity index (χ4v) is 2.78. The maximum atomic E-state index is 12.0. The zero-order valence-electron chi connectivity index (χ0n) is 11.5. The third-order valence-corrected chi connectivity index (χ3v) is 4.15. The Morgan fingerprint density at radius 3 is 2.76 bits per heavy atom. The minimum absolute atomic E-state index is 0. The topological polar surface area (TPSA) is 40.5 Å². The van der Waals surface area contributed by atoms with Crippen LogP contribution in [0.3, 0.4) is 0 Å². The molecule has 0 unspecified atom stereocenters. The number of methoxy groups -OCH3 is 1. The fourth-order valence-electron chi connectivity index (χ4n) is 1.72. The first-order valence-electron chi connectivity index (χ1n) is 5.73. The van der Waals surface area contributed by atoms with Gasteiger partial charge in [-0.1, -0.05) is 27.2 Å². The second-order valence-electron chi connectivity index (χ2n) is 4.04. The summed E-state index contributed by atoms with van der Waals surface area (Å²) in [5.41, 5.74) is 1.57. The van der Waals surface area contributed by atoms with Gasteiger partial charge < -0.3 is 14.0 Å². The molecule has 21 heavy (non-hydrogen) atoms. The Kier molecular flexibility index (Phi) is 8.05. The van der Waals surface area contributed by atoms with E-state index in [0.717, 1.165) is 15.7 Å². The maximum absolute atomic E-state index is 12.0. The number of pyridine rings is 1. The number of benzene rings is 1. The second-order valence-corrected chi connectivity index (χ2v) is 6.06. The summed E-state index contributed by atoms with van der Waals surface area (Å²) < 4.78 is 13.3. The molecule has 1 aromatic carbocycles. The number of rotatable bonds is 4. The number of nitrogens with zero attached hydrogens (tertiary/aromatic N) is 1. The van der Waals surface area contributed by atoms with Crippen molar-refractivity contribution in [3.05, 3.63) is 48.7 Å². The monoisotopic (exact) mass is 537 g/mol. The second kappa shape index (κ2) is 8.77. The third kappa shape index (κ3) is 4.61. The minimum Gasteiger partial charge on any atom is -0.468 e. The van der Waals surface area contributed by atoms with Crippen LogP contribution >= 0.6 is 38.5 Å². The van der Waals surface area contributed by atoms with E-state index < -0.39 is 0 Å². The van der Waals surface area contributed by atoms with Gasteiger partial charge in [-0.05, 0) is 20.2 Å². The Hall–Kier alpha value is 0.244. The van der Waals surface area contributed by atoms with Crippen LogP contribution < -0.4 is 10.3 Å². The van der Waals surface area contributed by atoms with Crippen LogP contribution in [0.1, 0.15) is 0 Å². The van der Waals surface area contributed by atoms with Crippen molar-refractivity contribution in [3.63, 3.8) is 0 Å². The number of hydrogen-bond donors (Lipinski definition) is 0. The largest absolute Gasteiger partial charge is 0.468 e. The van der Waals surface area contributed by atoms with Crippen molar-refractivity contribution in [3.8, 4) is 17.0 Å². The number of halogens is 2. The van der Waals surface area contributed by atoms with Gasteiger partial charge in [0.05, 0.1) is 0 Å². The Balaban J connectivity index is 0.00000220.